The van der Waals surface area contributed by atoms with Crippen molar-refractivity contribution < 1.29 is 9.53 Å². The summed E-state index contributed by atoms with van der Waals surface area (Å²) in [6.45, 7) is 1.34. The lowest BCUT2D eigenvalue weighted by atomic mass is 10.1. The van der Waals surface area contributed by atoms with Crippen LogP contribution in [0.3, 0.4) is 0 Å². The van der Waals surface area contributed by atoms with Gasteiger partial charge in [-0.3, -0.25) is 4.79 Å². The largest absolute Gasteiger partial charge is 0.397 e. The molecule has 1 aromatic heterocycles. The first-order chi connectivity index (χ1) is 8.25. The highest BCUT2D eigenvalue weighted by Crippen LogP contribution is 2.11. The van der Waals surface area contributed by atoms with Crippen molar-refractivity contribution in [3.63, 3.8) is 0 Å². The van der Waals surface area contributed by atoms with Crippen LogP contribution in [0.15, 0.2) is 18.3 Å². The molecule has 0 aromatic carbocycles. The van der Waals surface area contributed by atoms with E-state index in [2.05, 4.69) is 10.3 Å². The molecule has 2 rings (SSSR count). The first-order valence-electron chi connectivity index (χ1n) is 5.87. The summed E-state index contributed by atoms with van der Waals surface area (Å²) in [5.74, 6) is -0.181. The van der Waals surface area contributed by atoms with E-state index in [-0.39, 0.29) is 12.0 Å². The zero-order valence-electron chi connectivity index (χ0n) is 9.69. The van der Waals surface area contributed by atoms with Crippen molar-refractivity contribution in [2.75, 3.05) is 18.9 Å². The van der Waals surface area contributed by atoms with E-state index in [1.54, 1.807) is 12.1 Å². The number of amides is 1. The van der Waals surface area contributed by atoms with E-state index in [0.29, 0.717) is 17.9 Å². The van der Waals surface area contributed by atoms with Crippen LogP contribution in [-0.2, 0) is 4.74 Å². The second kappa shape index (κ2) is 5.63. The monoisotopic (exact) mass is 235 g/mol. The summed E-state index contributed by atoms with van der Waals surface area (Å²) in [5.41, 5.74) is 6.44. The van der Waals surface area contributed by atoms with Gasteiger partial charge in [0, 0.05) is 13.2 Å². The van der Waals surface area contributed by atoms with Gasteiger partial charge in [0.2, 0.25) is 0 Å². The first kappa shape index (κ1) is 11.9. The van der Waals surface area contributed by atoms with E-state index < -0.39 is 0 Å². The Hall–Kier alpha value is -1.62. The summed E-state index contributed by atoms with van der Waals surface area (Å²) >= 11 is 0. The van der Waals surface area contributed by atoms with E-state index in [4.69, 9.17) is 10.5 Å². The summed E-state index contributed by atoms with van der Waals surface area (Å²) in [5, 5.41) is 2.82. The number of hydrogen-bond donors (Lipinski definition) is 2. The lowest BCUT2D eigenvalue weighted by molar-refractivity contribution is 0.0168. The fourth-order valence-corrected chi connectivity index (χ4v) is 1.81. The molecule has 5 heteroatoms. The Kier molecular flexibility index (Phi) is 3.93. The average Bonchev–Trinajstić information content (AvgIpc) is 2.38. The van der Waals surface area contributed by atoms with Crippen LogP contribution in [0.2, 0.25) is 0 Å². The molecule has 1 aliphatic heterocycles. The number of nitrogens with zero attached hydrogens (tertiary/aromatic N) is 1. The summed E-state index contributed by atoms with van der Waals surface area (Å²) in [4.78, 5) is 15.7. The number of nitrogen functional groups attached to an aromatic ring is 1. The highest BCUT2D eigenvalue weighted by atomic mass is 16.5. The maximum atomic E-state index is 11.7. The van der Waals surface area contributed by atoms with Crippen LogP contribution in [0.4, 0.5) is 5.69 Å². The van der Waals surface area contributed by atoms with E-state index in [1.807, 2.05) is 0 Å². The van der Waals surface area contributed by atoms with Crippen LogP contribution in [0.1, 0.15) is 29.8 Å². The normalized spacial score (nSPS) is 19.9. The SMILES string of the molecule is Nc1ccc(C(=O)NCC2CCCCO2)nc1. The number of rotatable bonds is 3. The third kappa shape index (κ3) is 3.42. The molecule has 1 fully saturated rings. The molecule has 92 valence electrons. The average molecular weight is 235 g/mol. The predicted octanol–water partition coefficient (Wildman–Crippen LogP) is 0.963. The Labute approximate surface area is 100 Å². The number of hydrogen-bond acceptors (Lipinski definition) is 4. The van der Waals surface area contributed by atoms with Gasteiger partial charge >= 0.3 is 0 Å². The Balaban J connectivity index is 1.82. The highest BCUT2D eigenvalue weighted by molar-refractivity contribution is 5.92. The van der Waals surface area contributed by atoms with Gasteiger partial charge in [-0.1, -0.05) is 0 Å². The first-order valence-corrected chi connectivity index (χ1v) is 5.87. The maximum absolute atomic E-state index is 11.7. The van der Waals surface area contributed by atoms with Gasteiger partial charge < -0.3 is 15.8 Å². The van der Waals surface area contributed by atoms with E-state index in [9.17, 15) is 4.79 Å². The summed E-state index contributed by atoms with van der Waals surface area (Å²) in [6, 6.07) is 3.28. The molecule has 0 aliphatic carbocycles. The van der Waals surface area contributed by atoms with Crippen LogP contribution in [0.5, 0.6) is 0 Å². The van der Waals surface area contributed by atoms with Crippen molar-refractivity contribution >= 4 is 11.6 Å². The molecule has 0 saturated carbocycles. The number of carbonyl (C=O) groups excluding carboxylic acids is 1. The fraction of sp³-hybridized carbons (Fsp3) is 0.500. The van der Waals surface area contributed by atoms with Crippen molar-refractivity contribution in [1.82, 2.24) is 10.3 Å². The highest BCUT2D eigenvalue weighted by Gasteiger charge is 2.15. The number of aromatic nitrogens is 1. The molecule has 5 nitrogen and oxygen atoms in total. The number of nitrogens with one attached hydrogen (secondary N) is 1. The number of carbonyl (C=O) groups is 1. The van der Waals surface area contributed by atoms with Gasteiger partial charge in [0.05, 0.1) is 18.0 Å². The number of nitrogens with two attached hydrogens (primary N) is 1. The van der Waals surface area contributed by atoms with Crippen LogP contribution < -0.4 is 11.1 Å². The quantitative estimate of drug-likeness (QED) is 0.818. The molecule has 2 heterocycles. The minimum absolute atomic E-state index is 0.140. The molecule has 3 N–H and O–H groups in total. The summed E-state index contributed by atoms with van der Waals surface area (Å²) in [6.07, 6.45) is 4.91. The van der Waals surface area contributed by atoms with Gasteiger partial charge in [-0.2, -0.15) is 0 Å². The number of ether oxygens (including phenoxy) is 1. The van der Waals surface area contributed by atoms with Crippen molar-refractivity contribution in [2.45, 2.75) is 25.4 Å². The third-order valence-electron chi connectivity index (χ3n) is 2.78. The van der Waals surface area contributed by atoms with Crippen LogP contribution in [0.25, 0.3) is 0 Å². The Morgan fingerprint density at radius 1 is 1.53 bits per heavy atom. The summed E-state index contributed by atoms with van der Waals surface area (Å²) in [7, 11) is 0. The molecular weight excluding hydrogens is 218 g/mol. The molecule has 0 radical (unpaired) electrons. The Morgan fingerprint density at radius 3 is 3.06 bits per heavy atom. The van der Waals surface area contributed by atoms with Gasteiger partial charge in [0.25, 0.3) is 5.91 Å². The van der Waals surface area contributed by atoms with E-state index >= 15 is 0 Å². The lowest BCUT2D eigenvalue weighted by Gasteiger charge is -2.22. The molecule has 1 amide bonds. The van der Waals surface area contributed by atoms with Gasteiger partial charge in [-0.15, -0.1) is 0 Å². The topological polar surface area (TPSA) is 77.2 Å². The van der Waals surface area contributed by atoms with E-state index in [0.717, 1.165) is 19.4 Å². The Morgan fingerprint density at radius 2 is 2.41 bits per heavy atom. The zero-order chi connectivity index (χ0) is 12.1. The molecule has 1 unspecified atom stereocenters. The zero-order valence-corrected chi connectivity index (χ0v) is 9.69. The molecule has 1 aromatic rings. The molecule has 1 saturated heterocycles. The van der Waals surface area contributed by atoms with Crippen LogP contribution in [0, 0.1) is 0 Å². The fourth-order valence-electron chi connectivity index (χ4n) is 1.81. The van der Waals surface area contributed by atoms with Crippen molar-refractivity contribution in [3.05, 3.63) is 24.0 Å². The van der Waals surface area contributed by atoms with Gasteiger partial charge in [0.1, 0.15) is 5.69 Å². The minimum atomic E-state index is -0.181. The molecule has 17 heavy (non-hydrogen) atoms. The maximum Gasteiger partial charge on any atom is 0.269 e. The van der Waals surface area contributed by atoms with Crippen molar-refractivity contribution in [1.29, 1.82) is 0 Å². The number of pyridine rings is 1. The van der Waals surface area contributed by atoms with Gasteiger partial charge in [-0.05, 0) is 31.4 Å². The molecule has 1 atom stereocenters. The second-order valence-electron chi connectivity index (χ2n) is 4.18. The summed E-state index contributed by atoms with van der Waals surface area (Å²) < 4.78 is 5.53. The van der Waals surface area contributed by atoms with Gasteiger partial charge in [0.15, 0.2) is 0 Å². The smallest absolute Gasteiger partial charge is 0.269 e. The molecular formula is C12H17N3O2. The number of anilines is 1. The minimum Gasteiger partial charge on any atom is -0.397 e. The van der Waals surface area contributed by atoms with Crippen molar-refractivity contribution in [3.8, 4) is 0 Å². The Bertz CT molecular complexity index is 372. The van der Waals surface area contributed by atoms with Crippen LogP contribution >= 0.6 is 0 Å². The van der Waals surface area contributed by atoms with Crippen LogP contribution in [-0.4, -0.2) is 30.1 Å². The standard InChI is InChI=1S/C12H17N3O2/c13-9-4-5-11(14-7-9)12(16)15-8-10-3-1-2-6-17-10/h4-5,7,10H,1-3,6,8,13H2,(H,15,16). The molecule has 1 aliphatic rings. The lowest BCUT2D eigenvalue weighted by Crippen LogP contribution is -2.35. The van der Waals surface area contributed by atoms with E-state index in [1.165, 1.54) is 12.6 Å². The van der Waals surface area contributed by atoms with Crippen molar-refractivity contribution in [2.24, 2.45) is 0 Å². The predicted molar refractivity (Wildman–Crippen MR) is 64.6 cm³/mol. The second-order valence-corrected chi connectivity index (χ2v) is 4.18. The third-order valence-corrected chi connectivity index (χ3v) is 2.78. The molecule has 0 bridgehead atoms. The molecule has 0 spiro atoms. The van der Waals surface area contributed by atoms with Gasteiger partial charge in [-0.25, -0.2) is 4.98 Å².